The van der Waals surface area contributed by atoms with Gasteiger partial charge in [-0.2, -0.15) is 0 Å². The number of aliphatic hydroxyl groups excluding tert-OH is 1. The third-order valence-electron chi connectivity index (χ3n) is 6.11. The Bertz CT molecular complexity index is 974. The number of benzene rings is 1. The maximum Gasteiger partial charge on any atom is 0.341 e. The molecule has 0 radical (unpaired) electrons. The molecular formula is C27H36O7. The molecule has 0 fully saturated rings. The first-order valence-electron chi connectivity index (χ1n) is 11.7. The molecule has 0 saturated carbocycles. The van der Waals surface area contributed by atoms with Crippen molar-refractivity contribution >= 4 is 17.9 Å². The summed E-state index contributed by atoms with van der Waals surface area (Å²) in [6.45, 7) is 10.4. The van der Waals surface area contributed by atoms with Crippen LogP contribution in [0, 0.1) is 5.92 Å². The van der Waals surface area contributed by atoms with Crippen molar-refractivity contribution in [2.45, 2.75) is 72.1 Å². The number of hydrogen-bond acceptors (Lipinski definition) is 7. The second kappa shape index (κ2) is 12.5. The summed E-state index contributed by atoms with van der Waals surface area (Å²) in [5.41, 5.74) is 2.86. The van der Waals surface area contributed by atoms with Gasteiger partial charge in [0.15, 0.2) is 5.75 Å². The zero-order chi connectivity index (χ0) is 25.4. The second-order valence-electron chi connectivity index (χ2n) is 8.79. The topological polar surface area (TPSA) is 99.1 Å². The molecule has 1 aliphatic rings. The smallest absolute Gasteiger partial charge is 0.341 e. The lowest BCUT2D eigenvalue weighted by atomic mass is 9.73. The number of rotatable bonds is 10. The number of aryl methyl sites for hydroxylation is 1. The van der Waals surface area contributed by atoms with Gasteiger partial charge in [0.1, 0.15) is 11.3 Å². The van der Waals surface area contributed by atoms with Crippen molar-refractivity contribution in [3.63, 3.8) is 0 Å². The fourth-order valence-corrected chi connectivity index (χ4v) is 4.52. The van der Waals surface area contributed by atoms with Gasteiger partial charge in [0, 0.05) is 25.3 Å². The summed E-state index contributed by atoms with van der Waals surface area (Å²) in [5, 5.41) is 9.83. The van der Waals surface area contributed by atoms with Crippen molar-refractivity contribution in [2.75, 3.05) is 13.7 Å². The normalized spacial score (nSPS) is 17.5. The average Bonchev–Trinajstić information content (AvgIpc) is 2.77. The molecule has 7 heteroatoms. The van der Waals surface area contributed by atoms with Gasteiger partial charge in [0.05, 0.1) is 13.7 Å². The van der Waals surface area contributed by atoms with Gasteiger partial charge >= 0.3 is 17.9 Å². The van der Waals surface area contributed by atoms with Crippen LogP contribution in [-0.2, 0) is 20.7 Å². The highest BCUT2D eigenvalue weighted by molar-refractivity contribution is 5.96. The van der Waals surface area contributed by atoms with Crippen LogP contribution in [0.3, 0.4) is 0 Å². The molecule has 2 rings (SSSR count). The van der Waals surface area contributed by atoms with Gasteiger partial charge in [-0.05, 0) is 55.7 Å². The first kappa shape index (κ1) is 27.3. The Kier molecular flexibility index (Phi) is 10.1. The highest BCUT2D eigenvalue weighted by Crippen LogP contribution is 2.49. The number of allylic oxidation sites excluding steroid dienone is 2. The first-order chi connectivity index (χ1) is 16.1. The van der Waals surface area contributed by atoms with E-state index in [-0.39, 0.29) is 29.6 Å². The maximum absolute atomic E-state index is 13.0. The molecule has 1 aliphatic carbocycles. The standard InChI is InChI=1S/C27H36O7/c1-7-8-9-10-20-14-23(33-18(4)29)25(26(34-19(5)30)24(20)27(31)32-6)22-13-16(2)11-12-21(22)17(3)15-28/h13-14,21-22,28H,3,7-12,15H2,1-2,4-6H3/t21-,22+/m1/s1. The van der Waals surface area contributed by atoms with E-state index in [2.05, 4.69) is 13.5 Å². The van der Waals surface area contributed by atoms with Gasteiger partial charge in [-0.3, -0.25) is 9.59 Å². The van der Waals surface area contributed by atoms with Crippen LogP contribution in [0.2, 0.25) is 0 Å². The summed E-state index contributed by atoms with van der Waals surface area (Å²) < 4.78 is 16.4. The second-order valence-corrected chi connectivity index (χ2v) is 8.79. The number of ether oxygens (including phenoxy) is 3. The van der Waals surface area contributed by atoms with Gasteiger partial charge < -0.3 is 19.3 Å². The summed E-state index contributed by atoms with van der Waals surface area (Å²) in [5.74, 6) is -2.13. The summed E-state index contributed by atoms with van der Waals surface area (Å²) in [7, 11) is 1.27. The zero-order valence-electron chi connectivity index (χ0n) is 20.9. The van der Waals surface area contributed by atoms with Crippen molar-refractivity contribution in [3.05, 3.63) is 46.6 Å². The average molecular weight is 473 g/mol. The molecule has 0 bridgehead atoms. The summed E-state index contributed by atoms with van der Waals surface area (Å²) in [6, 6.07) is 1.68. The lowest BCUT2D eigenvalue weighted by molar-refractivity contribution is -0.132. The Hall–Kier alpha value is -2.93. The molecule has 0 saturated heterocycles. The van der Waals surface area contributed by atoms with Gasteiger partial charge in [0.2, 0.25) is 0 Å². The van der Waals surface area contributed by atoms with E-state index in [9.17, 15) is 19.5 Å². The van der Waals surface area contributed by atoms with Crippen LogP contribution in [0.5, 0.6) is 11.5 Å². The van der Waals surface area contributed by atoms with E-state index in [1.807, 2.05) is 13.0 Å². The van der Waals surface area contributed by atoms with E-state index in [0.29, 0.717) is 29.5 Å². The van der Waals surface area contributed by atoms with Crippen LogP contribution in [0.1, 0.15) is 87.2 Å². The SMILES string of the molecule is C=C(CO)[C@H]1CCC(C)=C[C@@H]1c1c(OC(C)=O)cc(CCCCC)c(C(=O)OC)c1OC(C)=O. The fraction of sp³-hybridized carbons (Fsp3) is 0.519. The molecule has 186 valence electrons. The third kappa shape index (κ3) is 6.56. The van der Waals surface area contributed by atoms with Crippen LogP contribution < -0.4 is 9.47 Å². The molecule has 1 N–H and O–H groups in total. The molecule has 0 spiro atoms. The number of methoxy groups -OCH3 is 1. The van der Waals surface area contributed by atoms with Crippen LogP contribution in [0.15, 0.2) is 29.9 Å². The summed E-state index contributed by atoms with van der Waals surface area (Å²) >= 11 is 0. The molecule has 2 atom stereocenters. The highest BCUT2D eigenvalue weighted by atomic mass is 16.6. The van der Waals surface area contributed by atoms with E-state index in [1.54, 1.807) is 6.07 Å². The Morgan fingerprint density at radius 2 is 1.82 bits per heavy atom. The lowest BCUT2D eigenvalue weighted by Crippen LogP contribution is -2.23. The molecule has 34 heavy (non-hydrogen) atoms. The minimum Gasteiger partial charge on any atom is -0.465 e. The van der Waals surface area contributed by atoms with Crippen molar-refractivity contribution in [2.24, 2.45) is 5.92 Å². The fourth-order valence-electron chi connectivity index (χ4n) is 4.52. The Morgan fingerprint density at radius 1 is 1.15 bits per heavy atom. The molecule has 1 aromatic carbocycles. The number of aliphatic hydroxyl groups is 1. The monoisotopic (exact) mass is 472 g/mol. The van der Waals surface area contributed by atoms with E-state index in [0.717, 1.165) is 31.3 Å². The van der Waals surface area contributed by atoms with E-state index >= 15 is 0 Å². The minimum atomic E-state index is -0.632. The van der Waals surface area contributed by atoms with Gasteiger partial charge in [-0.25, -0.2) is 4.79 Å². The maximum atomic E-state index is 13.0. The van der Waals surface area contributed by atoms with Crippen LogP contribution in [0.4, 0.5) is 0 Å². The molecular weight excluding hydrogens is 436 g/mol. The van der Waals surface area contributed by atoms with Crippen LogP contribution >= 0.6 is 0 Å². The van der Waals surface area contributed by atoms with Crippen LogP contribution in [-0.4, -0.2) is 36.7 Å². The molecule has 7 nitrogen and oxygen atoms in total. The van der Waals surface area contributed by atoms with Gasteiger partial charge in [-0.15, -0.1) is 0 Å². The number of hydrogen-bond donors (Lipinski definition) is 1. The predicted molar refractivity (Wildman–Crippen MR) is 129 cm³/mol. The van der Waals surface area contributed by atoms with Crippen LogP contribution in [0.25, 0.3) is 0 Å². The summed E-state index contributed by atoms with van der Waals surface area (Å²) in [4.78, 5) is 37.2. The minimum absolute atomic E-state index is 0.0382. The van der Waals surface area contributed by atoms with Crippen molar-refractivity contribution < 1.29 is 33.7 Å². The van der Waals surface area contributed by atoms with Gasteiger partial charge in [0.25, 0.3) is 0 Å². The Balaban J connectivity index is 2.92. The predicted octanol–water partition coefficient (Wildman–Crippen LogP) is 5.04. The number of esters is 3. The van der Waals surface area contributed by atoms with E-state index < -0.39 is 23.8 Å². The lowest BCUT2D eigenvalue weighted by Gasteiger charge is -2.33. The van der Waals surface area contributed by atoms with Crippen molar-refractivity contribution in [1.82, 2.24) is 0 Å². The van der Waals surface area contributed by atoms with Crippen molar-refractivity contribution in [1.29, 1.82) is 0 Å². The molecule has 0 aliphatic heterocycles. The van der Waals surface area contributed by atoms with E-state index in [4.69, 9.17) is 14.2 Å². The zero-order valence-corrected chi connectivity index (χ0v) is 20.9. The third-order valence-corrected chi connectivity index (χ3v) is 6.11. The number of carbonyl (C=O) groups excluding carboxylic acids is 3. The molecule has 0 heterocycles. The Labute approximate surface area is 201 Å². The molecule has 0 aromatic heterocycles. The Morgan fingerprint density at radius 3 is 2.38 bits per heavy atom. The van der Waals surface area contributed by atoms with E-state index in [1.165, 1.54) is 21.0 Å². The van der Waals surface area contributed by atoms with Crippen molar-refractivity contribution in [3.8, 4) is 11.5 Å². The molecule has 0 amide bonds. The first-order valence-corrected chi connectivity index (χ1v) is 11.7. The molecule has 0 unspecified atom stereocenters. The highest BCUT2D eigenvalue weighted by Gasteiger charge is 2.36. The summed E-state index contributed by atoms with van der Waals surface area (Å²) in [6.07, 6.45) is 6.76. The number of carbonyl (C=O) groups is 3. The quantitative estimate of drug-likeness (QED) is 0.220. The molecule has 1 aromatic rings. The largest absolute Gasteiger partial charge is 0.465 e. The van der Waals surface area contributed by atoms with Gasteiger partial charge in [-0.1, -0.05) is 38.0 Å². The number of unbranched alkanes of at least 4 members (excludes halogenated alkanes) is 2.